The zero-order valence-electron chi connectivity index (χ0n) is 13.1. The Labute approximate surface area is 143 Å². The molecule has 0 aliphatic rings. The minimum atomic E-state index is -0.788. The van der Waals surface area contributed by atoms with Gasteiger partial charge in [0.15, 0.2) is 0 Å². The number of carbonyl (C=O) groups is 1. The van der Waals surface area contributed by atoms with Gasteiger partial charge in [-0.3, -0.25) is 4.79 Å². The number of aliphatic hydroxyl groups excluding tert-OH is 1. The van der Waals surface area contributed by atoms with Crippen LogP contribution in [-0.4, -0.2) is 18.1 Å². The molecule has 0 radical (unpaired) electrons. The first-order valence-electron chi connectivity index (χ1n) is 7.40. The van der Waals surface area contributed by atoms with E-state index in [9.17, 15) is 9.90 Å². The lowest BCUT2D eigenvalue weighted by molar-refractivity contribution is 0.0948. The number of ether oxygens (including phenoxy) is 1. The van der Waals surface area contributed by atoms with Crippen LogP contribution in [0.4, 0.5) is 0 Å². The number of hydrogen-bond acceptors (Lipinski definition) is 5. The minimum Gasteiger partial charge on any atom is -0.496 e. The highest BCUT2D eigenvalue weighted by molar-refractivity contribution is 7.12. The molecule has 6 heteroatoms. The van der Waals surface area contributed by atoms with E-state index < -0.39 is 6.10 Å². The second-order valence-electron chi connectivity index (χ2n) is 5.10. The lowest BCUT2D eigenvalue weighted by Crippen LogP contribution is -2.22. The lowest BCUT2D eigenvalue weighted by atomic mass is 10.2. The fraction of sp³-hybridized carbons (Fsp3) is 0.167. The van der Waals surface area contributed by atoms with Gasteiger partial charge in [-0.2, -0.15) is 0 Å². The Kier molecular flexibility index (Phi) is 4.98. The summed E-state index contributed by atoms with van der Waals surface area (Å²) < 4.78 is 10.4. The Morgan fingerprint density at radius 1 is 1.25 bits per heavy atom. The molecule has 0 aliphatic carbocycles. The average molecular weight is 343 g/mol. The van der Waals surface area contributed by atoms with Crippen LogP contribution in [0.5, 0.6) is 5.75 Å². The van der Waals surface area contributed by atoms with E-state index in [1.807, 2.05) is 18.2 Å². The van der Waals surface area contributed by atoms with Crippen molar-refractivity contribution in [2.45, 2.75) is 12.6 Å². The number of furan rings is 1. The number of rotatable bonds is 6. The molecule has 2 N–H and O–H groups in total. The Morgan fingerprint density at radius 2 is 2.08 bits per heavy atom. The largest absolute Gasteiger partial charge is 0.496 e. The molecule has 2 heterocycles. The molecule has 5 nitrogen and oxygen atoms in total. The van der Waals surface area contributed by atoms with Crippen LogP contribution in [0.15, 0.2) is 59.2 Å². The van der Waals surface area contributed by atoms with E-state index in [1.54, 1.807) is 30.3 Å². The van der Waals surface area contributed by atoms with E-state index in [2.05, 4.69) is 5.32 Å². The number of nitrogens with one attached hydrogen (secondary N) is 1. The van der Waals surface area contributed by atoms with E-state index in [0.29, 0.717) is 23.6 Å². The summed E-state index contributed by atoms with van der Waals surface area (Å²) in [6.07, 6.45) is 0.740. The monoisotopic (exact) mass is 343 g/mol. The zero-order chi connectivity index (χ0) is 16.9. The van der Waals surface area contributed by atoms with Crippen LogP contribution in [0, 0.1) is 0 Å². The predicted octanol–water partition coefficient (Wildman–Crippen LogP) is 3.36. The molecule has 3 aromatic rings. The van der Waals surface area contributed by atoms with Gasteiger partial charge in [0.25, 0.3) is 5.91 Å². The molecular formula is C18H17NO4S. The van der Waals surface area contributed by atoms with Gasteiger partial charge in [-0.15, -0.1) is 11.3 Å². The van der Waals surface area contributed by atoms with Gasteiger partial charge in [-0.25, -0.2) is 0 Å². The minimum absolute atomic E-state index is 0.200. The third-order valence-electron chi connectivity index (χ3n) is 3.54. The summed E-state index contributed by atoms with van der Waals surface area (Å²) in [5.41, 5.74) is 0.493. The zero-order valence-corrected chi connectivity index (χ0v) is 13.9. The fourth-order valence-corrected chi connectivity index (χ4v) is 3.27. The molecule has 24 heavy (non-hydrogen) atoms. The van der Waals surface area contributed by atoms with Crippen molar-refractivity contribution in [3.8, 4) is 5.75 Å². The third kappa shape index (κ3) is 3.50. The van der Waals surface area contributed by atoms with Crippen LogP contribution >= 0.6 is 11.3 Å². The van der Waals surface area contributed by atoms with Gasteiger partial charge in [-0.1, -0.05) is 12.1 Å². The summed E-state index contributed by atoms with van der Waals surface area (Å²) in [4.78, 5) is 14.0. The molecule has 0 saturated heterocycles. The summed E-state index contributed by atoms with van der Waals surface area (Å²) in [5.74, 6) is 0.838. The van der Waals surface area contributed by atoms with E-state index in [-0.39, 0.29) is 5.91 Å². The Balaban J connectivity index is 1.64. The predicted molar refractivity (Wildman–Crippen MR) is 91.3 cm³/mol. The van der Waals surface area contributed by atoms with Crippen LogP contribution in [0.25, 0.3) is 0 Å². The molecule has 0 aliphatic heterocycles. The van der Waals surface area contributed by atoms with Crippen molar-refractivity contribution >= 4 is 17.2 Å². The van der Waals surface area contributed by atoms with Crippen LogP contribution in [0.2, 0.25) is 0 Å². The van der Waals surface area contributed by atoms with Gasteiger partial charge in [0.1, 0.15) is 17.6 Å². The van der Waals surface area contributed by atoms with E-state index in [1.165, 1.54) is 24.7 Å². The van der Waals surface area contributed by atoms with Crippen molar-refractivity contribution in [2.75, 3.05) is 7.11 Å². The summed E-state index contributed by atoms with van der Waals surface area (Å²) in [7, 11) is 1.54. The SMILES string of the molecule is COc1ccccc1C(=O)NCc1ccc([C@H](O)c2ccco2)s1. The summed E-state index contributed by atoms with van der Waals surface area (Å²) >= 11 is 1.43. The van der Waals surface area contributed by atoms with E-state index in [4.69, 9.17) is 9.15 Å². The molecule has 2 aromatic heterocycles. The van der Waals surface area contributed by atoms with Gasteiger partial charge in [0.05, 0.1) is 25.5 Å². The molecule has 3 rings (SSSR count). The lowest BCUT2D eigenvalue weighted by Gasteiger charge is -2.08. The first kappa shape index (κ1) is 16.3. The standard InChI is InChI=1S/C18H17NO4S/c1-22-14-6-3-2-5-13(14)18(21)19-11-12-8-9-16(24-12)17(20)15-7-4-10-23-15/h2-10,17,20H,11H2,1H3,(H,19,21)/t17-/m1/s1. The summed E-state index contributed by atoms with van der Waals surface area (Å²) in [6.45, 7) is 0.381. The number of methoxy groups -OCH3 is 1. The summed E-state index contributed by atoms with van der Waals surface area (Å²) in [6, 6.07) is 14.3. The Bertz CT molecular complexity index is 810. The maximum absolute atomic E-state index is 12.3. The van der Waals surface area contributed by atoms with Gasteiger partial charge in [0, 0.05) is 9.75 Å². The number of carbonyl (C=O) groups excluding carboxylic acids is 1. The highest BCUT2D eigenvalue weighted by Crippen LogP contribution is 2.28. The number of para-hydroxylation sites is 1. The van der Waals surface area contributed by atoms with E-state index in [0.717, 1.165) is 9.75 Å². The number of amides is 1. The normalized spacial score (nSPS) is 11.9. The smallest absolute Gasteiger partial charge is 0.255 e. The Hall–Kier alpha value is -2.57. The highest BCUT2D eigenvalue weighted by Gasteiger charge is 2.16. The van der Waals surface area contributed by atoms with Crippen molar-refractivity contribution in [1.82, 2.24) is 5.32 Å². The molecule has 0 unspecified atom stereocenters. The second-order valence-corrected chi connectivity index (χ2v) is 6.30. The van der Waals surface area contributed by atoms with Crippen LogP contribution in [-0.2, 0) is 6.54 Å². The molecule has 0 spiro atoms. The van der Waals surface area contributed by atoms with Gasteiger partial charge >= 0.3 is 0 Å². The molecular weight excluding hydrogens is 326 g/mol. The fourth-order valence-electron chi connectivity index (χ4n) is 2.32. The van der Waals surface area contributed by atoms with Crippen LogP contribution < -0.4 is 10.1 Å². The first-order valence-corrected chi connectivity index (χ1v) is 8.22. The molecule has 0 fully saturated rings. The van der Waals surface area contributed by atoms with Crippen molar-refractivity contribution in [3.63, 3.8) is 0 Å². The number of aliphatic hydroxyl groups is 1. The summed E-state index contributed by atoms with van der Waals surface area (Å²) in [5, 5.41) is 13.1. The van der Waals surface area contributed by atoms with Crippen LogP contribution in [0.3, 0.4) is 0 Å². The van der Waals surface area contributed by atoms with Gasteiger partial charge in [0.2, 0.25) is 0 Å². The highest BCUT2D eigenvalue weighted by atomic mass is 32.1. The molecule has 124 valence electrons. The van der Waals surface area contributed by atoms with Gasteiger partial charge < -0.3 is 19.6 Å². The van der Waals surface area contributed by atoms with E-state index >= 15 is 0 Å². The number of hydrogen-bond donors (Lipinski definition) is 2. The number of thiophene rings is 1. The molecule has 0 bridgehead atoms. The molecule has 1 atom stereocenters. The first-order chi connectivity index (χ1) is 11.7. The molecule has 1 aromatic carbocycles. The quantitative estimate of drug-likeness (QED) is 0.720. The maximum atomic E-state index is 12.3. The van der Waals surface area contributed by atoms with Crippen molar-refractivity contribution in [2.24, 2.45) is 0 Å². The topological polar surface area (TPSA) is 71.7 Å². The number of benzene rings is 1. The molecule has 1 amide bonds. The van der Waals surface area contributed by atoms with Gasteiger partial charge in [-0.05, 0) is 36.4 Å². The average Bonchev–Trinajstić information content (AvgIpc) is 3.30. The van der Waals surface area contributed by atoms with Crippen molar-refractivity contribution in [1.29, 1.82) is 0 Å². The maximum Gasteiger partial charge on any atom is 0.255 e. The van der Waals surface area contributed by atoms with Crippen LogP contribution in [0.1, 0.15) is 32.0 Å². The molecule has 0 saturated carbocycles. The Morgan fingerprint density at radius 3 is 2.83 bits per heavy atom. The van der Waals surface area contributed by atoms with Crippen molar-refractivity contribution < 1.29 is 19.1 Å². The second kappa shape index (κ2) is 7.33. The van der Waals surface area contributed by atoms with Crippen molar-refractivity contribution in [3.05, 3.63) is 75.9 Å². The third-order valence-corrected chi connectivity index (χ3v) is 4.68.